The summed E-state index contributed by atoms with van der Waals surface area (Å²) in [6, 6.07) is 6.65. The highest BCUT2D eigenvalue weighted by Crippen LogP contribution is 2.11. The molecule has 0 heterocycles. The molecule has 0 unspecified atom stereocenters. The molecule has 4 nitrogen and oxygen atoms in total. The van der Waals surface area contributed by atoms with Gasteiger partial charge in [0, 0.05) is 10.7 Å². The number of carbonyl (C=O) groups excluding carboxylic acids is 1. The van der Waals surface area contributed by atoms with Crippen LogP contribution in [0.1, 0.15) is 11.1 Å². The number of hydrogen-bond donors (Lipinski definition) is 0. The summed E-state index contributed by atoms with van der Waals surface area (Å²) in [4.78, 5) is 13.2. The molecule has 0 saturated carbocycles. The lowest BCUT2D eigenvalue weighted by Crippen LogP contribution is -1.95. The summed E-state index contributed by atoms with van der Waals surface area (Å²) in [6.07, 6.45) is 1.43. The first kappa shape index (κ1) is 11.9. The normalized spacial score (nSPS) is 10.7. The zero-order valence-electron chi connectivity index (χ0n) is 7.68. The molecule has 15 heavy (non-hydrogen) atoms. The Morgan fingerprint density at radius 1 is 1.20 bits per heavy atom. The second-order valence-corrected chi connectivity index (χ2v) is 5.68. The Morgan fingerprint density at radius 2 is 1.73 bits per heavy atom. The van der Waals surface area contributed by atoms with E-state index in [9.17, 15) is 13.2 Å². The van der Waals surface area contributed by atoms with Crippen LogP contribution in [0.4, 0.5) is 0 Å². The first-order valence-corrected chi connectivity index (χ1v) is 6.53. The van der Waals surface area contributed by atoms with Crippen LogP contribution < -0.4 is 0 Å². The molecule has 0 spiro atoms. The van der Waals surface area contributed by atoms with E-state index in [0.29, 0.717) is 5.56 Å². The zero-order valence-corrected chi connectivity index (χ0v) is 9.25. The van der Waals surface area contributed by atoms with E-state index in [1.54, 1.807) is 24.3 Å². The maximum atomic E-state index is 10.8. The molecule has 1 rings (SSSR count). The van der Waals surface area contributed by atoms with Crippen LogP contribution in [0.5, 0.6) is 0 Å². The fourth-order valence-corrected chi connectivity index (χ4v) is 2.03. The minimum Gasteiger partial charge on any atom is -0.212 e. The molecule has 0 bridgehead atoms. The zero-order chi connectivity index (χ0) is 11.3. The van der Waals surface area contributed by atoms with Gasteiger partial charge >= 0.3 is 0 Å². The Labute approximate surface area is 92.0 Å². The summed E-state index contributed by atoms with van der Waals surface area (Å²) >= 11 is 0. The van der Waals surface area contributed by atoms with E-state index < -0.39 is 9.05 Å². The van der Waals surface area contributed by atoms with Crippen molar-refractivity contribution in [2.45, 2.75) is 12.3 Å². The van der Waals surface area contributed by atoms with Crippen molar-refractivity contribution in [1.29, 1.82) is 0 Å². The van der Waals surface area contributed by atoms with E-state index in [1.807, 2.05) is 0 Å². The predicted octanol–water partition coefficient (Wildman–Crippen LogP) is 1.59. The third-order valence-electron chi connectivity index (χ3n) is 1.69. The Bertz CT molecular complexity index is 475. The Hall–Kier alpha value is -1.16. The van der Waals surface area contributed by atoms with E-state index in [1.165, 1.54) is 6.08 Å². The third-order valence-corrected chi connectivity index (χ3v) is 2.69. The number of halogens is 1. The van der Waals surface area contributed by atoms with Crippen molar-refractivity contribution in [3.05, 3.63) is 35.4 Å². The minimum atomic E-state index is -3.52. The fourth-order valence-electron chi connectivity index (χ4n) is 1.06. The van der Waals surface area contributed by atoms with Crippen molar-refractivity contribution in [3.63, 3.8) is 0 Å². The van der Waals surface area contributed by atoms with Crippen LogP contribution >= 0.6 is 10.7 Å². The minimum absolute atomic E-state index is 0.203. The molecular formula is C9H8ClNO3S. The fraction of sp³-hybridized carbons (Fsp3) is 0.222. The lowest BCUT2D eigenvalue weighted by atomic mass is 10.1. The molecule has 0 aliphatic rings. The summed E-state index contributed by atoms with van der Waals surface area (Å²) in [5, 5.41) is 0. The summed E-state index contributed by atoms with van der Waals surface area (Å²) in [6.45, 7) is 0.247. The van der Waals surface area contributed by atoms with Gasteiger partial charge in [-0.05, 0) is 11.1 Å². The first-order valence-electron chi connectivity index (χ1n) is 4.05. The molecule has 0 aliphatic carbocycles. The molecule has 80 valence electrons. The van der Waals surface area contributed by atoms with Crippen LogP contribution in [-0.2, 0) is 26.1 Å². The van der Waals surface area contributed by atoms with Crippen LogP contribution in [-0.4, -0.2) is 14.5 Å². The van der Waals surface area contributed by atoms with Gasteiger partial charge in [-0.15, -0.1) is 0 Å². The van der Waals surface area contributed by atoms with Gasteiger partial charge in [0.25, 0.3) is 0 Å². The van der Waals surface area contributed by atoms with Gasteiger partial charge in [0.1, 0.15) is 0 Å². The summed E-state index contributed by atoms with van der Waals surface area (Å²) in [7, 11) is 1.57. The molecule has 0 aliphatic heterocycles. The maximum Gasteiger partial charge on any atom is 0.236 e. The molecular weight excluding hydrogens is 238 g/mol. The molecule has 0 amide bonds. The average molecular weight is 246 g/mol. The van der Waals surface area contributed by atoms with Crippen molar-refractivity contribution in [2.75, 3.05) is 0 Å². The summed E-state index contributed by atoms with van der Waals surface area (Å²) in [5.74, 6) is -0.203. The summed E-state index contributed by atoms with van der Waals surface area (Å²) in [5.41, 5.74) is 1.41. The van der Waals surface area contributed by atoms with Gasteiger partial charge in [-0.1, -0.05) is 24.3 Å². The average Bonchev–Trinajstić information content (AvgIpc) is 2.14. The van der Waals surface area contributed by atoms with Crippen molar-refractivity contribution in [3.8, 4) is 0 Å². The number of hydrogen-bond acceptors (Lipinski definition) is 4. The molecule has 0 fully saturated rings. The van der Waals surface area contributed by atoms with E-state index in [2.05, 4.69) is 4.99 Å². The second-order valence-electron chi connectivity index (χ2n) is 2.91. The van der Waals surface area contributed by atoms with Gasteiger partial charge in [0.15, 0.2) is 0 Å². The van der Waals surface area contributed by atoms with Gasteiger partial charge in [0.05, 0.1) is 12.3 Å². The number of nitrogens with zero attached hydrogens (tertiary/aromatic N) is 1. The number of isocyanates is 1. The number of rotatable bonds is 4. The van der Waals surface area contributed by atoms with Crippen LogP contribution in [0.3, 0.4) is 0 Å². The molecule has 6 heteroatoms. The molecule has 0 radical (unpaired) electrons. The van der Waals surface area contributed by atoms with Gasteiger partial charge in [-0.3, -0.25) is 0 Å². The molecule has 1 aromatic carbocycles. The Balaban J connectivity index is 2.76. The Morgan fingerprint density at radius 3 is 2.20 bits per heavy atom. The summed E-state index contributed by atoms with van der Waals surface area (Å²) < 4.78 is 21.5. The number of benzene rings is 1. The standard InChI is InChI=1S/C9H8ClNO3S/c10-15(13,14)6-9-3-1-8(2-4-9)5-11-7-12/h1-4H,5-6H2. The highest BCUT2D eigenvalue weighted by molar-refractivity contribution is 8.13. The molecule has 0 N–H and O–H groups in total. The van der Waals surface area contributed by atoms with Crippen molar-refractivity contribution in [2.24, 2.45) is 4.99 Å². The van der Waals surface area contributed by atoms with Crippen molar-refractivity contribution < 1.29 is 13.2 Å². The monoisotopic (exact) mass is 245 g/mol. The highest BCUT2D eigenvalue weighted by atomic mass is 35.7. The second kappa shape index (κ2) is 5.07. The van der Waals surface area contributed by atoms with Crippen molar-refractivity contribution in [1.82, 2.24) is 0 Å². The van der Waals surface area contributed by atoms with E-state index >= 15 is 0 Å². The van der Waals surface area contributed by atoms with Crippen LogP contribution in [0.25, 0.3) is 0 Å². The molecule has 0 atom stereocenters. The lowest BCUT2D eigenvalue weighted by molar-refractivity contribution is 0.563. The van der Waals surface area contributed by atoms with Crippen LogP contribution in [0.15, 0.2) is 29.3 Å². The smallest absolute Gasteiger partial charge is 0.212 e. The van der Waals surface area contributed by atoms with E-state index in [0.717, 1.165) is 5.56 Å². The van der Waals surface area contributed by atoms with Gasteiger partial charge in [-0.25, -0.2) is 18.2 Å². The first-order chi connectivity index (χ1) is 7.01. The van der Waals surface area contributed by atoms with Crippen LogP contribution in [0.2, 0.25) is 0 Å². The Kier molecular flexibility index (Phi) is 4.03. The topological polar surface area (TPSA) is 63.6 Å². The van der Waals surface area contributed by atoms with E-state index in [-0.39, 0.29) is 12.3 Å². The predicted molar refractivity (Wildman–Crippen MR) is 56.7 cm³/mol. The molecule has 0 aromatic heterocycles. The molecule has 0 saturated heterocycles. The largest absolute Gasteiger partial charge is 0.236 e. The van der Waals surface area contributed by atoms with E-state index in [4.69, 9.17) is 10.7 Å². The van der Waals surface area contributed by atoms with Crippen LogP contribution in [0, 0.1) is 0 Å². The number of aliphatic imine (C=N–C) groups is 1. The third kappa shape index (κ3) is 4.74. The highest BCUT2D eigenvalue weighted by Gasteiger charge is 2.06. The lowest BCUT2D eigenvalue weighted by Gasteiger charge is -1.99. The SMILES string of the molecule is O=C=NCc1ccc(CS(=O)(=O)Cl)cc1. The van der Waals surface area contributed by atoms with Gasteiger partial charge < -0.3 is 0 Å². The van der Waals surface area contributed by atoms with Crippen molar-refractivity contribution >= 4 is 25.8 Å². The van der Waals surface area contributed by atoms with Gasteiger partial charge in [0.2, 0.25) is 15.1 Å². The van der Waals surface area contributed by atoms with Gasteiger partial charge in [-0.2, -0.15) is 0 Å². The quantitative estimate of drug-likeness (QED) is 0.460. The molecule has 1 aromatic rings. The maximum absolute atomic E-state index is 10.8.